The molecule has 1 atom stereocenters. The maximum atomic E-state index is 15.1. The summed E-state index contributed by atoms with van der Waals surface area (Å²) in [5.74, 6) is -0.654. The van der Waals surface area contributed by atoms with Gasteiger partial charge in [0, 0.05) is 24.9 Å². The van der Waals surface area contributed by atoms with Crippen LogP contribution in [-0.2, 0) is 9.53 Å². The molecule has 4 rings (SSSR count). The zero-order chi connectivity index (χ0) is 24.3. The van der Waals surface area contributed by atoms with Gasteiger partial charge in [-0.1, -0.05) is 12.1 Å². The number of rotatable bonds is 6. The number of halogens is 1. The largest absolute Gasteiger partial charge is 0.442 e. The molecule has 0 aliphatic carbocycles. The van der Waals surface area contributed by atoms with E-state index in [1.165, 1.54) is 17.9 Å². The molecule has 8 nitrogen and oxygen atoms in total. The van der Waals surface area contributed by atoms with E-state index in [4.69, 9.17) is 11.3 Å². The molecule has 34 heavy (non-hydrogen) atoms. The predicted molar refractivity (Wildman–Crippen MR) is 131 cm³/mol. The van der Waals surface area contributed by atoms with Crippen LogP contribution >= 0.6 is 12.6 Å². The van der Waals surface area contributed by atoms with Crippen LogP contribution in [0.4, 0.5) is 26.2 Å². The van der Waals surface area contributed by atoms with Gasteiger partial charge >= 0.3 is 11.8 Å². The normalized spacial score (nSPS) is 19.4. The molecule has 2 amide bonds. The van der Waals surface area contributed by atoms with Gasteiger partial charge in [-0.2, -0.15) is 0 Å². The van der Waals surface area contributed by atoms with Crippen LogP contribution in [-0.4, -0.2) is 49.9 Å². The van der Waals surface area contributed by atoms with Gasteiger partial charge in [0.25, 0.3) is 0 Å². The summed E-state index contributed by atoms with van der Waals surface area (Å²) in [5.41, 5.74) is 0.865. The van der Waals surface area contributed by atoms with E-state index < -0.39 is 23.7 Å². The summed E-state index contributed by atoms with van der Waals surface area (Å²) < 4.78 is 20.3. The number of anilines is 3. The van der Waals surface area contributed by atoms with Gasteiger partial charge in [0.05, 0.1) is 43.0 Å². The number of amides is 2. The molecule has 2 aliphatic rings. The molecule has 2 aliphatic heterocycles. The van der Waals surface area contributed by atoms with E-state index in [9.17, 15) is 9.59 Å². The number of hydrogen-bond donors (Lipinski definition) is 3. The molecular weight excluding hydrogens is 457 g/mol. The molecule has 2 aromatic carbocycles. The lowest BCUT2D eigenvalue weighted by molar-refractivity contribution is -0.119. The summed E-state index contributed by atoms with van der Waals surface area (Å²) in [6, 6.07) is 12.2. The maximum absolute atomic E-state index is 15.1. The Hall–Kier alpha value is -3.45. The first-order valence-corrected chi connectivity index (χ1v) is 11.5. The second kappa shape index (κ2) is 9.81. The lowest BCUT2D eigenvalue weighted by Crippen LogP contribution is -2.47. The summed E-state index contributed by atoms with van der Waals surface area (Å²) in [7, 11) is 0. The van der Waals surface area contributed by atoms with Crippen LogP contribution in [0.3, 0.4) is 0 Å². The first-order valence-electron chi connectivity index (χ1n) is 11.0. The van der Waals surface area contributed by atoms with Gasteiger partial charge in [-0.25, -0.2) is 15.8 Å². The molecule has 0 radical (unpaired) electrons. The number of para-hydroxylation sites is 1. The van der Waals surface area contributed by atoms with Crippen LogP contribution in [0.1, 0.15) is 19.8 Å². The monoisotopic (exact) mass is 483 g/mol. The minimum Gasteiger partial charge on any atom is -0.442 e. The Morgan fingerprint density at radius 1 is 1.29 bits per heavy atom. The lowest BCUT2D eigenvalue weighted by atomic mass is 9.96. The number of ether oxygens (including phenoxy) is 1. The second-order valence-electron chi connectivity index (χ2n) is 8.46. The van der Waals surface area contributed by atoms with E-state index in [-0.39, 0.29) is 19.0 Å². The van der Waals surface area contributed by atoms with Crippen molar-refractivity contribution in [3.8, 4) is 0 Å². The third-order valence-corrected chi connectivity index (χ3v) is 6.50. The van der Waals surface area contributed by atoms with Gasteiger partial charge in [-0.3, -0.25) is 14.5 Å². The molecular formula is C24H26FN5O3S. The van der Waals surface area contributed by atoms with Crippen LogP contribution in [0.2, 0.25) is 0 Å². The van der Waals surface area contributed by atoms with Gasteiger partial charge in [-0.15, -0.1) is 12.6 Å². The van der Waals surface area contributed by atoms with Crippen LogP contribution in [0.15, 0.2) is 47.4 Å². The van der Waals surface area contributed by atoms with Crippen molar-refractivity contribution in [3.05, 3.63) is 59.7 Å². The minimum atomic E-state index is -0.770. The average Bonchev–Trinajstić information content (AvgIpc) is 3.20. The Labute approximate surface area is 203 Å². The van der Waals surface area contributed by atoms with E-state index in [1.807, 2.05) is 29.2 Å². The second-order valence-corrected chi connectivity index (χ2v) is 8.94. The molecule has 178 valence electrons. The molecule has 0 saturated carbocycles. The number of carbonyl (C=O) groups is 2. The molecule has 2 fully saturated rings. The van der Waals surface area contributed by atoms with E-state index in [2.05, 4.69) is 28.1 Å². The van der Waals surface area contributed by atoms with Gasteiger partial charge < -0.3 is 20.3 Å². The summed E-state index contributed by atoms with van der Waals surface area (Å²) in [5, 5.41) is 5.96. The highest BCUT2D eigenvalue weighted by Crippen LogP contribution is 2.35. The summed E-state index contributed by atoms with van der Waals surface area (Å²) in [4.78, 5) is 31.2. The number of cyclic esters (lactones) is 1. The quantitative estimate of drug-likeness (QED) is 0.429. The number of nitrogens with zero attached hydrogens (tertiary/aromatic N) is 3. The first-order chi connectivity index (χ1) is 16.3. The summed E-state index contributed by atoms with van der Waals surface area (Å²) in [6.45, 7) is 10.6. The van der Waals surface area contributed by atoms with Crippen LogP contribution in [0.5, 0.6) is 0 Å². The van der Waals surface area contributed by atoms with Gasteiger partial charge in [0.15, 0.2) is 0 Å². The Morgan fingerprint density at radius 3 is 2.68 bits per heavy atom. The Morgan fingerprint density at radius 2 is 2.03 bits per heavy atom. The molecule has 2 aromatic rings. The van der Waals surface area contributed by atoms with Gasteiger partial charge in [0.2, 0.25) is 5.91 Å². The molecule has 0 unspecified atom stereocenters. The third-order valence-electron chi connectivity index (χ3n) is 6.11. The molecule has 0 bridgehead atoms. The Kier molecular flexibility index (Phi) is 6.84. The highest BCUT2D eigenvalue weighted by atomic mass is 32.1. The lowest BCUT2D eigenvalue weighted by Gasteiger charge is -2.36. The molecule has 2 heterocycles. The number of piperidine rings is 1. The predicted octanol–water partition coefficient (Wildman–Crippen LogP) is 3.90. The van der Waals surface area contributed by atoms with E-state index in [0.717, 1.165) is 10.6 Å². The molecule has 0 spiro atoms. The Balaban J connectivity index is 1.41. The van der Waals surface area contributed by atoms with Crippen molar-refractivity contribution in [2.45, 2.75) is 36.4 Å². The van der Waals surface area contributed by atoms with Crippen molar-refractivity contribution in [1.29, 1.82) is 0 Å². The van der Waals surface area contributed by atoms with Gasteiger partial charge in [0.1, 0.15) is 11.9 Å². The number of thiol groups is 1. The fourth-order valence-electron chi connectivity index (χ4n) is 4.23. The molecule has 2 saturated heterocycles. The number of benzene rings is 2. The Bertz CT molecular complexity index is 1130. The fourth-order valence-corrected chi connectivity index (χ4v) is 4.45. The number of carbonyl (C=O) groups excluding carboxylic acids is 2. The molecule has 10 heteroatoms. The van der Waals surface area contributed by atoms with Crippen molar-refractivity contribution in [2.24, 2.45) is 0 Å². The van der Waals surface area contributed by atoms with Crippen LogP contribution in [0.25, 0.3) is 4.85 Å². The van der Waals surface area contributed by atoms with Crippen LogP contribution in [0, 0.1) is 12.4 Å². The van der Waals surface area contributed by atoms with Crippen molar-refractivity contribution in [1.82, 2.24) is 5.32 Å². The van der Waals surface area contributed by atoms with Crippen molar-refractivity contribution in [2.75, 3.05) is 41.3 Å². The standard InChI is InChI=1S/C24H26FN5O3S/c1-16(31)27-14-18-15-30(23(32)33-18)17-7-8-21(19(25)13-17)29-11-9-24(26-2,10-12-29)28-20-5-3-4-6-22(20)34/h3-8,13,18,28,34H,9-12,14-15H2,1H3,(H,27,31)/t18-/m0/s1. The smallest absolute Gasteiger partial charge is 0.414 e. The van der Waals surface area contributed by atoms with Crippen molar-refractivity contribution < 1.29 is 18.7 Å². The maximum Gasteiger partial charge on any atom is 0.414 e. The highest BCUT2D eigenvalue weighted by Gasteiger charge is 2.41. The van der Waals surface area contributed by atoms with E-state index >= 15 is 4.39 Å². The number of hydrogen-bond acceptors (Lipinski definition) is 6. The topological polar surface area (TPSA) is 78.3 Å². The van der Waals surface area contributed by atoms with Crippen molar-refractivity contribution in [3.63, 3.8) is 0 Å². The first kappa shape index (κ1) is 23.7. The van der Waals surface area contributed by atoms with Crippen LogP contribution < -0.4 is 20.4 Å². The van der Waals surface area contributed by atoms with E-state index in [0.29, 0.717) is 37.3 Å². The summed E-state index contributed by atoms with van der Waals surface area (Å²) >= 11 is 4.46. The van der Waals surface area contributed by atoms with Crippen molar-refractivity contribution >= 4 is 41.7 Å². The minimum absolute atomic E-state index is 0.209. The molecule has 2 N–H and O–H groups in total. The fraction of sp³-hybridized carbons (Fsp3) is 0.375. The summed E-state index contributed by atoms with van der Waals surface area (Å²) in [6.07, 6.45) is -0.0256. The zero-order valence-electron chi connectivity index (χ0n) is 18.8. The third kappa shape index (κ3) is 5.04. The number of nitrogens with one attached hydrogen (secondary N) is 2. The molecule has 0 aromatic heterocycles. The SMILES string of the molecule is [C-]#[N+]C1(Nc2ccccc2S)CCN(c2ccc(N3C[C@H](CNC(C)=O)OC3=O)cc2F)CC1. The zero-order valence-corrected chi connectivity index (χ0v) is 19.6. The van der Waals surface area contributed by atoms with E-state index in [1.54, 1.807) is 12.1 Å². The van der Waals surface area contributed by atoms with Gasteiger partial charge in [-0.05, 0) is 30.3 Å². The highest BCUT2D eigenvalue weighted by molar-refractivity contribution is 7.80. The average molecular weight is 484 g/mol.